The van der Waals surface area contributed by atoms with Gasteiger partial charge in [-0.1, -0.05) is 24.3 Å². The average molecular weight is 295 g/mol. The van der Waals surface area contributed by atoms with Crippen LogP contribution in [-0.2, 0) is 17.7 Å². The smallest absolute Gasteiger partial charge is 0.407 e. The maximum absolute atomic E-state index is 11.6. The minimum absolute atomic E-state index is 0.238. The highest BCUT2D eigenvalue weighted by Crippen LogP contribution is 2.13. The standard InChI is InChI=1S/C16H25NO4/c1-16(2,3)21-15(20)17-10-13-7-5-4-6-12(13)8-9-14(19)11-18/h4-7,14,18-19H,8-11H2,1-3H3,(H,17,20)/t14-/m1/s1. The monoisotopic (exact) mass is 295 g/mol. The predicted octanol–water partition coefficient (Wildman–Crippen LogP) is 2.00. The number of aliphatic hydroxyl groups excluding tert-OH is 2. The fraction of sp³-hybridized carbons (Fsp3) is 0.562. The zero-order valence-electron chi connectivity index (χ0n) is 12.9. The van der Waals surface area contributed by atoms with Crippen molar-refractivity contribution in [2.24, 2.45) is 0 Å². The number of benzene rings is 1. The van der Waals surface area contributed by atoms with Crippen LogP contribution in [0.2, 0.25) is 0 Å². The summed E-state index contributed by atoms with van der Waals surface area (Å²) in [4.78, 5) is 11.6. The van der Waals surface area contributed by atoms with Gasteiger partial charge in [-0.2, -0.15) is 0 Å². The summed E-state index contributed by atoms with van der Waals surface area (Å²) >= 11 is 0. The van der Waals surface area contributed by atoms with E-state index >= 15 is 0 Å². The zero-order chi connectivity index (χ0) is 15.9. The molecule has 0 spiro atoms. The number of rotatable bonds is 6. The van der Waals surface area contributed by atoms with E-state index in [1.165, 1.54) is 0 Å². The Kier molecular flexibility index (Phi) is 6.65. The summed E-state index contributed by atoms with van der Waals surface area (Å²) in [6, 6.07) is 7.70. The second-order valence-electron chi connectivity index (χ2n) is 6.00. The Morgan fingerprint density at radius 3 is 2.48 bits per heavy atom. The molecule has 3 N–H and O–H groups in total. The Bertz CT molecular complexity index is 454. The quantitative estimate of drug-likeness (QED) is 0.750. The number of aryl methyl sites for hydroxylation is 1. The highest BCUT2D eigenvalue weighted by atomic mass is 16.6. The van der Waals surface area contributed by atoms with Gasteiger partial charge in [0.15, 0.2) is 0 Å². The van der Waals surface area contributed by atoms with E-state index in [1.54, 1.807) is 0 Å². The maximum Gasteiger partial charge on any atom is 0.407 e. The summed E-state index contributed by atoms with van der Waals surface area (Å²) in [5.74, 6) is 0. The van der Waals surface area contributed by atoms with Crippen molar-refractivity contribution in [2.45, 2.75) is 51.9 Å². The molecule has 1 rings (SSSR count). The number of carbonyl (C=O) groups excluding carboxylic acids is 1. The second kappa shape index (κ2) is 8.00. The minimum Gasteiger partial charge on any atom is -0.444 e. The summed E-state index contributed by atoms with van der Waals surface area (Å²) in [6.45, 7) is 5.59. The second-order valence-corrected chi connectivity index (χ2v) is 6.00. The van der Waals surface area contributed by atoms with E-state index in [2.05, 4.69) is 5.32 Å². The molecular weight excluding hydrogens is 270 g/mol. The summed E-state index contributed by atoms with van der Waals surface area (Å²) in [7, 11) is 0. The summed E-state index contributed by atoms with van der Waals surface area (Å²) in [5, 5.41) is 21.0. The lowest BCUT2D eigenvalue weighted by Crippen LogP contribution is -2.32. The Morgan fingerprint density at radius 1 is 1.29 bits per heavy atom. The third-order valence-corrected chi connectivity index (χ3v) is 2.90. The normalized spacial score (nSPS) is 12.8. The van der Waals surface area contributed by atoms with Crippen LogP contribution >= 0.6 is 0 Å². The molecule has 5 heteroatoms. The first-order valence-electron chi connectivity index (χ1n) is 7.14. The van der Waals surface area contributed by atoms with Crippen molar-refractivity contribution >= 4 is 6.09 Å². The number of ether oxygens (including phenoxy) is 1. The van der Waals surface area contributed by atoms with Gasteiger partial charge >= 0.3 is 6.09 Å². The lowest BCUT2D eigenvalue weighted by atomic mass is 10.0. The number of hydrogen-bond donors (Lipinski definition) is 3. The van der Waals surface area contributed by atoms with Crippen LogP contribution in [0, 0.1) is 0 Å². The van der Waals surface area contributed by atoms with E-state index in [9.17, 15) is 9.90 Å². The molecule has 0 heterocycles. The molecule has 0 bridgehead atoms. The lowest BCUT2D eigenvalue weighted by Gasteiger charge is -2.20. The Labute approximate surface area is 125 Å². The Morgan fingerprint density at radius 2 is 1.90 bits per heavy atom. The van der Waals surface area contributed by atoms with Crippen molar-refractivity contribution in [3.05, 3.63) is 35.4 Å². The van der Waals surface area contributed by atoms with E-state index in [0.717, 1.165) is 11.1 Å². The molecule has 0 saturated carbocycles. The summed E-state index contributed by atoms with van der Waals surface area (Å²) in [5.41, 5.74) is 1.50. The SMILES string of the molecule is CC(C)(C)OC(=O)NCc1ccccc1CC[C@@H](O)CO. The number of nitrogens with one attached hydrogen (secondary N) is 1. The number of aliphatic hydroxyl groups is 2. The van der Waals surface area contributed by atoms with Crippen LogP contribution in [0.15, 0.2) is 24.3 Å². The van der Waals surface area contributed by atoms with Gasteiger partial charge < -0.3 is 20.3 Å². The van der Waals surface area contributed by atoms with Crippen molar-refractivity contribution in [1.29, 1.82) is 0 Å². The van der Waals surface area contributed by atoms with Crippen LogP contribution in [0.3, 0.4) is 0 Å². The van der Waals surface area contributed by atoms with Crippen LogP contribution in [0.1, 0.15) is 38.3 Å². The van der Waals surface area contributed by atoms with Gasteiger partial charge in [0.2, 0.25) is 0 Å². The molecular formula is C16H25NO4. The van der Waals surface area contributed by atoms with Crippen molar-refractivity contribution in [3.8, 4) is 0 Å². The summed E-state index contributed by atoms with van der Waals surface area (Å²) in [6.07, 6.45) is -0.0297. The Balaban J connectivity index is 2.57. The molecule has 0 radical (unpaired) electrons. The van der Waals surface area contributed by atoms with E-state index < -0.39 is 17.8 Å². The third kappa shape index (κ3) is 7.11. The van der Waals surface area contributed by atoms with Crippen LogP contribution in [-0.4, -0.2) is 34.6 Å². The molecule has 1 aromatic carbocycles. The average Bonchev–Trinajstić information content (AvgIpc) is 2.41. The van der Waals surface area contributed by atoms with Gasteiger partial charge in [0.25, 0.3) is 0 Å². The molecule has 118 valence electrons. The van der Waals surface area contributed by atoms with Gasteiger partial charge in [0, 0.05) is 6.54 Å². The highest BCUT2D eigenvalue weighted by Gasteiger charge is 2.16. The van der Waals surface area contributed by atoms with Gasteiger partial charge in [-0.15, -0.1) is 0 Å². The number of carbonyl (C=O) groups is 1. The topological polar surface area (TPSA) is 78.8 Å². The fourth-order valence-electron chi connectivity index (χ4n) is 1.87. The number of hydrogen-bond acceptors (Lipinski definition) is 4. The highest BCUT2D eigenvalue weighted by molar-refractivity contribution is 5.67. The molecule has 0 aliphatic rings. The van der Waals surface area contributed by atoms with Gasteiger partial charge in [0.1, 0.15) is 5.60 Å². The van der Waals surface area contributed by atoms with E-state index in [-0.39, 0.29) is 6.61 Å². The first-order chi connectivity index (χ1) is 9.81. The van der Waals surface area contributed by atoms with Crippen molar-refractivity contribution < 1.29 is 19.7 Å². The summed E-state index contributed by atoms with van der Waals surface area (Å²) < 4.78 is 5.19. The van der Waals surface area contributed by atoms with Crippen molar-refractivity contribution in [2.75, 3.05) is 6.61 Å². The molecule has 21 heavy (non-hydrogen) atoms. The zero-order valence-corrected chi connectivity index (χ0v) is 12.9. The molecule has 0 aliphatic heterocycles. The molecule has 0 aliphatic carbocycles. The largest absolute Gasteiger partial charge is 0.444 e. The van der Waals surface area contributed by atoms with Crippen LogP contribution < -0.4 is 5.32 Å². The molecule has 1 atom stereocenters. The van der Waals surface area contributed by atoms with E-state index in [4.69, 9.17) is 9.84 Å². The van der Waals surface area contributed by atoms with Crippen LogP contribution in [0.25, 0.3) is 0 Å². The first kappa shape index (κ1) is 17.5. The van der Waals surface area contributed by atoms with Gasteiger partial charge in [-0.25, -0.2) is 4.79 Å². The molecule has 0 aromatic heterocycles. The molecule has 0 saturated heterocycles. The molecule has 0 unspecified atom stereocenters. The molecule has 0 fully saturated rings. The fourth-order valence-corrected chi connectivity index (χ4v) is 1.87. The van der Waals surface area contributed by atoms with E-state index in [0.29, 0.717) is 19.4 Å². The Hall–Kier alpha value is -1.59. The lowest BCUT2D eigenvalue weighted by molar-refractivity contribution is 0.0523. The molecule has 5 nitrogen and oxygen atoms in total. The number of alkyl carbamates (subject to hydrolysis) is 1. The van der Waals surface area contributed by atoms with Crippen molar-refractivity contribution in [3.63, 3.8) is 0 Å². The van der Waals surface area contributed by atoms with Gasteiger partial charge in [-0.3, -0.25) is 0 Å². The van der Waals surface area contributed by atoms with Crippen LogP contribution in [0.4, 0.5) is 4.79 Å². The van der Waals surface area contributed by atoms with Crippen molar-refractivity contribution in [1.82, 2.24) is 5.32 Å². The van der Waals surface area contributed by atoms with E-state index in [1.807, 2.05) is 45.0 Å². The number of amides is 1. The van der Waals surface area contributed by atoms with Crippen LogP contribution in [0.5, 0.6) is 0 Å². The maximum atomic E-state index is 11.6. The predicted molar refractivity (Wildman–Crippen MR) is 80.9 cm³/mol. The third-order valence-electron chi connectivity index (χ3n) is 2.90. The first-order valence-corrected chi connectivity index (χ1v) is 7.14. The molecule has 1 aromatic rings. The van der Waals surface area contributed by atoms with Gasteiger partial charge in [0.05, 0.1) is 12.7 Å². The van der Waals surface area contributed by atoms with Gasteiger partial charge in [-0.05, 0) is 44.7 Å². The molecule has 1 amide bonds. The minimum atomic E-state index is -0.711.